The Kier molecular flexibility index (Phi) is 3.13. The van der Waals surface area contributed by atoms with Gasteiger partial charge in [-0.1, -0.05) is 20.8 Å². The third-order valence-corrected chi connectivity index (χ3v) is 4.67. The molecule has 3 heteroatoms. The number of carbonyl (C=O) groups is 1. The number of rotatable bonds is 2. The summed E-state index contributed by atoms with van der Waals surface area (Å²) in [6.07, 6.45) is 2.28. The van der Waals surface area contributed by atoms with Crippen LogP contribution >= 0.6 is 11.8 Å². The lowest BCUT2D eigenvalue weighted by atomic mass is 9.85. The smallest absolute Gasteiger partial charge is 0.155 e. The van der Waals surface area contributed by atoms with Crippen LogP contribution in [0.2, 0.25) is 0 Å². The van der Waals surface area contributed by atoms with E-state index in [2.05, 4.69) is 4.90 Å². The van der Waals surface area contributed by atoms with Crippen LogP contribution in [0.1, 0.15) is 33.6 Å². The highest BCUT2D eigenvalue weighted by molar-refractivity contribution is 8.00. The third-order valence-electron chi connectivity index (χ3n) is 3.43. The zero-order valence-electron chi connectivity index (χ0n) is 9.95. The molecule has 0 radical (unpaired) electrons. The summed E-state index contributed by atoms with van der Waals surface area (Å²) in [4.78, 5) is 14.7. The van der Waals surface area contributed by atoms with Gasteiger partial charge in [0.1, 0.15) is 0 Å². The summed E-state index contributed by atoms with van der Waals surface area (Å²) in [6, 6.07) is 0.907. The van der Waals surface area contributed by atoms with Crippen LogP contribution in [0.15, 0.2) is 0 Å². The van der Waals surface area contributed by atoms with E-state index in [9.17, 15) is 4.79 Å². The van der Waals surface area contributed by atoms with Crippen molar-refractivity contribution in [2.45, 2.75) is 45.7 Å². The van der Waals surface area contributed by atoms with Gasteiger partial charge < -0.3 is 0 Å². The molecule has 2 saturated heterocycles. The molecule has 0 bridgehead atoms. The molecule has 2 aliphatic heterocycles. The minimum Gasteiger partial charge on any atom is -0.297 e. The molecule has 2 heterocycles. The molecule has 2 fully saturated rings. The first-order valence-corrected chi connectivity index (χ1v) is 7.03. The van der Waals surface area contributed by atoms with Crippen LogP contribution in [0.25, 0.3) is 0 Å². The lowest BCUT2D eigenvalue weighted by Crippen LogP contribution is -2.51. The minimum atomic E-state index is -0.176. The fraction of sp³-hybridized carbons (Fsp3) is 0.917. The van der Waals surface area contributed by atoms with E-state index in [4.69, 9.17) is 0 Å². The van der Waals surface area contributed by atoms with Gasteiger partial charge >= 0.3 is 0 Å². The van der Waals surface area contributed by atoms with Gasteiger partial charge in [0.2, 0.25) is 0 Å². The Hall–Kier alpha value is -0.0200. The number of likely N-dealkylation sites (tertiary alicyclic amines) is 1. The van der Waals surface area contributed by atoms with Crippen LogP contribution in [0.4, 0.5) is 0 Å². The van der Waals surface area contributed by atoms with Crippen molar-refractivity contribution in [1.82, 2.24) is 4.90 Å². The van der Waals surface area contributed by atoms with Crippen molar-refractivity contribution in [1.29, 1.82) is 0 Å². The predicted octanol–water partition coefficient (Wildman–Crippen LogP) is 2.18. The van der Waals surface area contributed by atoms with E-state index in [-0.39, 0.29) is 11.5 Å². The van der Waals surface area contributed by atoms with Crippen LogP contribution in [-0.2, 0) is 4.79 Å². The summed E-state index contributed by atoms with van der Waals surface area (Å²) in [5.74, 6) is 2.90. The number of nitrogens with zero attached hydrogens (tertiary/aromatic N) is 1. The average molecular weight is 227 g/mol. The van der Waals surface area contributed by atoms with E-state index in [1.807, 2.05) is 32.5 Å². The van der Waals surface area contributed by atoms with E-state index < -0.39 is 0 Å². The van der Waals surface area contributed by atoms with Crippen LogP contribution in [0.3, 0.4) is 0 Å². The molecule has 1 atom stereocenters. The van der Waals surface area contributed by atoms with Crippen molar-refractivity contribution in [3.8, 4) is 0 Å². The molecule has 1 unspecified atom stereocenters. The standard InChI is InChI=1S/C12H21NOS/c1-12(2,3)11(14)10-5-4-6-13(10)9-7-15-8-9/h9-10H,4-8H2,1-3H3. The summed E-state index contributed by atoms with van der Waals surface area (Å²) < 4.78 is 0. The number of thioether (sulfide) groups is 1. The second-order valence-corrected chi connectivity index (χ2v) is 6.78. The molecule has 0 aromatic rings. The maximum atomic E-state index is 12.3. The molecule has 2 aliphatic rings. The highest BCUT2D eigenvalue weighted by Gasteiger charge is 2.41. The average Bonchev–Trinajstić information content (AvgIpc) is 2.46. The molecule has 0 N–H and O–H groups in total. The van der Waals surface area contributed by atoms with Gasteiger partial charge in [-0.25, -0.2) is 0 Å². The van der Waals surface area contributed by atoms with Crippen molar-refractivity contribution in [3.05, 3.63) is 0 Å². The largest absolute Gasteiger partial charge is 0.297 e. The fourth-order valence-corrected chi connectivity index (χ4v) is 3.25. The summed E-state index contributed by atoms with van der Waals surface area (Å²) in [6.45, 7) is 7.27. The summed E-state index contributed by atoms with van der Waals surface area (Å²) in [7, 11) is 0. The highest BCUT2D eigenvalue weighted by atomic mass is 32.2. The first kappa shape index (κ1) is 11.5. The van der Waals surface area contributed by atoms with Crippen molar-refractivity contribution >= 4 is 17.5 Å². The van der Waals surface area contributed by atoms with E-state index in [1.165, 1.54) is 17.9 Å². The molecule has 86 valence electrons. The Balaban J connectivity index is 2.04. The van der Waals surface area contributed by atoms with Gasteiger partial charge in [0.15, 0.2) is 5.78 Å². The lowest BCUT2D eigenvalue weighted by Gasteiger charge is -2.39. The monoisotopic (exact) mass is 227 g/mol. The van der Waals surface area contributed by atoms with Crippen molar-refractivity contribution in [2.24, 2.45) is 5.41 Å². The molecule has 0 amide bonds. The van der Waals surface area contributed by atoms with Gasteiger partial charge in [-0.2, -0.15) is 11.8 Å². The van der Waals surface area contributed by atoms with Gasteiger partial charge in [0.05, 0.1) is 6.04 Å². The number of carbonyl (C=O) groups excluding carboxylic acids is 1. The molecular formula is C12H21NOS. The third kappa shape index (κ3) is 2.23. The lowest BCUT2D eigenvalue weighted by molar-refractivity contribution is -0.131. The Morgan fingerprint density at radius 3 is 2.47 bits per heavy atom. The molecule has 2 rings (SSSR count). The maximum Gasteiger partial charge on any atom is 0.155 e. The van der Waals surface area contributed by atoms with E-state index in [0.717, 1.165) is 13.0 Å². The summed E-state index contributed by atoms with van der Waals surface area (Å²) in [5, 5.41) is 0. The van der Waals surface area contributed by atoms with Gasteiger partial charge in [-0.3, -0.25) is 9.69 Å². The molecule has 2 nitrogen and oxygen atoms in total. The molecule has 0 aromatic heterocycles. The van der Waals surface area contributed by atoms with Gasteiger partial charge in [0, 0.05) is 23.0 Å². The number of hydrogen-bond donors (Lipinski definition) is 0. The molecule has 0 aromatic carbocycles. The second kappa shape index (κ2) is 4.10. The van der Waals surface area contributed by atoms with Crippen LogP contribution in [-0.4, -0.2) is 40.8 Å². The Labute approximate surface area is 96.8 Å². The van der Waals surface area contributed by atoms with Crippen LogP contribution < -0.4 is 0 Å². The van der Waals surface area contributed by atoms with E-state index in [0.29, 0.717) is 11.8 Å². The van der Waals surface area contributed by atoms with E-state index in [1.54, 1.807) is 0 Å². The second-order valence-electron chi connectivity index (χ2n) is 5.70. The topological polar surface area (TPSA) is 20.3 Å². The predicted molar refractivity (Wildman–Crippen MR) is 65.3 cm³/mol. The summed E-state index contributed by atoms with van der Waals surface area (Å²) >= 11 is 2.00. The first-order valence-electron chi connectivity index (χ1n) is 5.88. The summed E-state index contributed by atoms with van der Waals surface area (Å²) in [5.41, 5.74) is -0.176. The minimum absolute atomic E-state index is 0.176. The molecule has 0 aliphatic carbocycles. The molecule has 0 saturated carbocycles. The van der Waals surface area contributed by atoms with Crippen molar-refractivity contribution in [2.75, 3.05) is 18.1 Å². The zero-order valence-corrected chi connectivity index (χ0v) is 10.8. The Morgan fingerprint density at radius 1 is 1.33 bits per heavy atom. The van der Waals surface area contributed by atoms with Crippen LogP contribution in [0, 0.1) is 5.41 Å². The normalized spacial score (nSPS) is 29.1. The van der Waals surface area contributed by atoms with Gasteiger partial charge in [-0.15, -0.1) is 0 Å². The van der Waals surface area contributed by atoms with Gasteiger partial charge in [0.25, 0.3) is 0 Å². The quantitative estimate of drug-likeness (QED) is 0.721. The van der Waals surface area contributed by atoms with Crippen LogP contribution in [0.5, 0.6) is 0 Å². The highest BCUT2D eigenvalue weighted by Crippen LogP contribution is 2.33. The zero-order chi connectivity index (χ0) is 11.1. The Bertz CT molecular complexity index is 255. The SMILES string of the molecule is CC(C)(C)C(=O)C1CCCN1C1CSC1. The maximum absolute atomic E-state index is 12.3. The fourth-order valence-electron chi connectivity index (χ4n) is 2.42. The first-order chi connectivity index (χ1) is 7.00. The molecule has 15 heavy (non-hydrogen) atoms. The Morgan fingerprint density at radius 2 is 2.00 bits per heavy atom. The molecule has 0 spiro atoms. The van der Waals surface area contributed by atoms with Crippen molar-refractivity contribution in [3.63, 3.8) is 0 Å². The van der Waals surface area contributed by atoms with Crippen molar-refractivity contribution < 1.29 is 4.79 Å². The number of hydrogen-bond acceptors (Lipinski definition) is 3. The van der Waals surface area contributed by atoms with E-state index >= 15 is 0 Å². The molecular weight excluding hydrogens is 206 g/mol. The number of ketones is 1. The van der Waals surface area contributed by atoms with Gasteiger partial charge in [-0.05, 0) is 19.4 Å². The number of Topliss-reactive ketones (excluding diaryl/α,β-unsaturated/α-hetero) is 1.